The van der Waals surface area contributed by atoms with Crippen LogP contribution in [0.4, 0.5) is 0 Å². The minimum atomic E-state index is -0.311. The van der Waals surface area contributed by atoms with Crippen molar-refractivity contribution in [3.8, 4) is 0 Å². The van der Waals surface area contributed by atoms with E-state index in [0.717, 1.165) is 24.1 Å². The minimum absolute atomic E-state index is 0.228. The van der Waals surface area contributed by atoms with E-state index in [4.69, 9.17) is 0 Å². The van der Waals surface area contributed by atoms with E-state index in [9.17, 15) is 9.59 Å². The molecule has 1 rings (SSSR count). The van der Waals surface area contributed by atoms with Crippen molar-refractivity contribution in [3.05, 3.63) is 33.2 Å². The fourth-order valence-corrected chi connectivity index (χ4v) is 2.04. The highest BCUT2D eigenvalue weighted by atomic mass is 16.2. The van der Waals surface area contributed by atoms with Crippen molar-refractivity contribution in [2.24, 2.45) is 5.92 Å². The third-order valence-corrected chi connectivity index (χ3v) is 3.30. The van der Waals surface area contributed by atoms with Gasteiger partial charge in [-0.2, -0.15) is 0 Å². The van der Waals surface area contributed by atoms with Crippen LogP contribution in [-0.2, 0) is 0 Å². The monoisotopic (exact) mass is 250 g/mol. The molecule has 0 aliphatic heterocycles. The molecule has 0 fully saturated rings. The Morgan fingerprint density at radius 1 is 1.33 bits per heavy atom. The number of carbonyl (C=O) groups excluding carboxylic acids is 1. The molecule has 1 amide bonds. The zero-order valence-corrected chi connectivity index (χ0v) is 11.6. The summed E-state index contributed by atoms with van der Waals surface area (Å²) >= 11 is 0. The fraction of sp³-hybridized carbons (Fsp3) is 0.571. The molecule has 1 aromatic rings. The second kappa shape index (κ2) is 6.38. The Hall–Kier alpha value is -1.58. The second-order valence-corrected chi connectivity index (χ2v) is 4.73. The highest BCUT2D eigenvalue weighted by Crippen LogP contribution is 2.07. The van der Waals surface area contributed by atoms with Crippen molar-refractivity contribution in [2.75, 3.05) is 6.54 Å². The average Bonchev–Trinajstić information content (AvgIpc) is 2.28. The number of carbonyl (C=O) groups is 1. The summed E-state index contributed by atoms with van der Waals surface area (Å²) in [6, 6.07) is 1.81. The number of aryl methyl sites for hydroxylation is 2. The lowest BCUT2D eigenvalue weighted by Gasteiger charge is -2.13. The largest absolute Gasteiger partial charge is 0.352 e. The first-order chi connectivity index (χ1) is 8.49. The van der Waals surface area contributed by atoms with E-state index in [-0.39, 0.29) is 17.0 Å². The molecule has 100 valence electrons. The van der Waals surface area contributed by atoms with Gasteiger partial charge in [0.15, 0.2) is 0 Å². The first kappa shape index (κ1) is 14.5. The normalized spacial score (nSPS) is 10.7. The van der Waals surface area contributed by atoms with Crippen molar-refractivity contribution in [1.82, 2.24) is 10.3 Å². The van der Waals surface area contributed by atoms with Crippen molar-refractivity contribution in [2.45, 2.75) is 40.5 Å². The molecule has 0 bridgehead atoms. The average molecular weight is 250 g/mol. The predicted molar refractivity (Wildman–Crippen MR) is 72.9 cm³/mol. The summed E-state index contributed by atoms with van der Waals surface area (Å²) in [7, 11) is 0. The first-order valence-corrected chi connectivity index (χ1v) is 6.48. The Morgan fingerprint density at radius 3 is 2.44 bits per heavy atom. The SMILES string of the molecule is CCC(CC)CNC(=O)c1c(C)cc(C)[nH]c1=O. The molecular weight excluding hydrogens is 228 g/mol. The van der Waals surface area contributed by atoms with Crippen molar-refractivity contribution >= 4 is 5.91 Å². The van der Waals surface area contributed by atoms with Gasteiger partial charge in [-0.1, -0.05) is 26.7 Å². The van der Waals surface area contributed by atoms with Gasteiger partial charge in [-0.15, -0.1) is 0 Å². The lowest BCUT2D eigenvalue weighted by molar-refractivity contribution is 0.0944. The lowest BCUT2D eigenvalue weighted by atomic mass is 10.0. The molecule has 0 aliphatic carbocycles. The molecule has 4 nitrogen and oxygen atoms in total. The van der Waals surface area contributed by atoms with Crippen LogP contribution < -0.4 is 10.9 Å². The fourth-order valence-electron chi connectivity index (χ4n) is 2.04. The molecule has 0 aromatic carbocycles. The number of aromatic amines is 1. The van der Waals surface area contributed by atoms with Crippen LogP contribution in [0.15, 0.2) is 10.9 Å². The van der Waals surface area contributed by atoms with E-state index >= 15 is 0 Å². The zero-order valence-electron chi connectivity index (χ0n) is 11.6. The van der Waals surface area contributed by atoms with Gasteiger partial charge >= 0.3 is 0 Å². The van der Waals surface area contributed by atoms with Crippen LogP contribution in [0.5, 0.6) is 0 Å². The molecule has 2 N–H and O–H groups in total. The van der Waals surface area contributed by atoms with Crippen molar-refractivity contribution < 1.29 is 4.79 Å². The number of nitrogens with one attached hydrogen (secondary N) is 2. The van der Waals surface area contributed by atoms with E-state index in [0.29, 0.717) is 12.5 Å². The number of hydrogen-bond acceptors (Lipinski definition) is 2. The standard InChI is InChI=1S/C14H22N2O2/c1-5-11(6-2)8-15-13(17)12-9(3)7-10(4)16-14(12)18/h7,11H,5-6,8H2,1-4H3,(H,15,17)(H,16,18). The van der Waals surface area contributed by atoms with E-state index in [1.807, 2.05) is 6.07 Å². The van der Waals surface area contributed by atoms with E-state index < -0.39 is 0 Å². The van der Waals surface area contributed by atoms with Gasteiger partial charge in [0, 0.05) is 12.2 Å². The molecule has 0 radical (unpaired) electrons. The second-order valence-electron chi connectivity index (χ2n) is 4.73. The number of rotatable bonds is 5. The Bertz CT molecular complexity index is 473. The lowest BCUT2D eigenvalue weighted by Crippen LogP contribution is -2.34. The smallest absolute Gasteiger partial charge is 0.261 e. The summed E-state index contributed by atoms with van der Waals surface area (Å²) in [4.78, 5) is 26.4. The Kier molecular flexibility index (Phi) is 5.13. The molecule has 0 aliphatic rings. The minimum Gasteiger partial charge on any atom is -0.352 e. The van der Waals surface area contributed by atoms with Crippen LogP contribution >= 0.6 is 0 Å². The number of hydrogen-bond donors (Lipinski definition) is 2. The third-order valence-electron chi connectivity index (χ3n) is 3.30. The molecule has 0 saturated carbocycles. The van der Waals surface area contributed by atoms with Crippen LogP contribution in [0.1, 0.15) is 48.3 Å². The van der Waals surface area contributed by atoms with E-state index in [1.165, 1.54) is 0 Å². The van der Waals surface area contributed by atoms with E-state index in [2.05, 4.69) is 24.1 Å². The van der Waals surface area contributed by atoms with Crippen LogP contribution in [-0.4, -0.2) is 17.4 Å². The van der Waals surface area contributed by atoms with Crippen LogP contribution in [0.3, 0.4) is 0 Å². The quantitative estimate of drug-likeness (QED) is 0.841. The van der Waals surface area contributed by atoms with E-state index in [1.54, 1.807) is 13.8 Å². The number of amides is 1. The Labute approximate surface area is 108 Å². The molecular formula is C14H22N2O2. The molecule has 18 heavy (non-hydrogen) atoms. The van der Waals surface area contributed by atoms with Gasteiger partial charge in [0.2, 0.25) is 0 Å². The first-order valence-electron chi connectivity index (χ1n) is 6.48. The Morgan fingerprint density at radius 2 is 1.94 bits per heavy atom. The maximum Gasteiger partial charge on any atom is 0.261 e. The van der Waals surface area contributed by atoms with Crippen molar-refractivity contribution in [1.29, 1.82) is 0 Å². The highest BCUT2D eigenvalue weighted by molar-refractivity contribution is 5.95. The Balaban J connectivity index is 2.82. The zero-order chi connectivity index (χ0) is 13.7. The summed E-state index contributed by atoms with van der Waals surface area (Å²) in [5.41, 5.74) is 1.41. The van der Waals surface area contributed by atoms with Gasteiger partial charge in [0.1, 0.15) is 5.56 Å². The molecule has 0 atom stereocenters. The summed E-state index contributed by atoms with van der Waals surface area (Å²) in [6.07, 6.45) is 2.06. The molecule has 0 saturated heterocycles. The van der Waals surface area contributed by atoms with Gasteiger partial charge in [-0.05, 0) is 31.4 Å². The molecule has 1 aromatic heterocycles. The van der Waals surface area contributed by atoms with Crippen LogP contribution in [0, 0.1) is 19.8 Å². The van der Waals surface area contributed by atoms with Crippen molar-refractivity contribution in [3.63, 3.8) is 0 Å². The van der Waals surface area contributed by atoms with Gasteiger partial charge < -0.3 is 10.3 Å². The summed E-state index contributed by atoms with van der Waals surface area (Å²) in [6.45, 7) is 8.42. The topological polar surface area (TPSA) is 62.0 Å². The van der Waals surface area contributed by atoms with Gasteiger partial charge in [-0.3, -0.25) is 9.59 Å². The summed E-state index contributed by atoms with van der Waals surface area (Å²) < 4.78 is 0. The van der Waals surface area contributed by atoms with Crippen LogP contribution in [0.2, 0.25) is 0 Å². The van der Waals surface area contributed by atoms with Crippen LogP contribution in [0.25, 0.3) is 0 Å². The third kappa shape index (κ3) is 3.45. The molecule has 0 spiro atoms. The molecule has 1 heterocycles. The number of aromatic nitrogens is 1. The van der Waals surface area contributed by atoms with Gasteiger partial charge in [-0.25, -0.2) is 0 Å². The highest BCUT2D eigenvalue weighted by Gasteiger charge is 2.15. The summed E-state index contributed by atoms with van der Waals surface area (Å²) in [5.74, 6) is 0.194. The van der Waals surface area contributed by atoms with Gasteiger partial charge in [0.05, 0.1) is 0 Å². The maximum absolute atomic E-state index is 12.0. The predicted octanol–water partition coefficient (Wildman–Crippen LogP) is 2.16. The maximum atomic E-state index is 12.0. The molecule has 4 heteroatoms. The van der Waals surface area contributed by atoms with Gasteiger partial charge in [0.25, 0.3) is 11.5 Å². The number of H-pyrrole nitrogens is 1. The molecule has 0 unspecified atom stereocenters. The summed E-state index contributed by atoms with van der Waals surface area (Å²) in [5, 5.41) is 2.84. The number of pyridine rings is 1.